The van der Waals surface area contributed by atoms with Crippen molar-refractivity contribution in [1.82, 2.24) is 0 Å². The van der Waals surface area contributed by atoms with Gasteiger partial charge in [-0.25, -0.2) is 0 Å². The highest BCUT2D eigenvalue weighted by Crippen LogP contribution is 2.35. The van der Waals surface area contributed by atoms with Crippen LogP contribution in [0, 0.1) is 0 Å². The first-order valence-electron chi connectivity index (χ1n) is 4.46. The summed E-state index contributed by atoms with van der Waals surface area (Å²) in [6.07, 6.45) is -0.491. The Bertz CT molecular complexity index is 445. The summed E-state index contributed by atoms with van der Waals surface area (Å²) in [6, 6.07) is 5.96. The fourth-order valence-electron chi connectivity index (χ4n) is 1.59. The van der Waals surface area contributed by atoms with Gasteiger partial charge >= 0.3 is 0 Å². The Morgan fingerprint density at radius 3 is 2.79 bits per heavy atom. The van der Waals surface area contributed by atoms with Crippen LogP contribution in [0.15, 0.2) is 23.6 Å². The van der Waals surface area contributed by atoms with E-state index in [1.54, 1.807) is 25.4 Å². The van der Waals surface area contributed by atoms with Gasteiger partial charge in [0.15, 0.2) is 0 Å². The molecule has 0 aliphatic carbocycles. The van der Waals surface area contributed by atoms with Gasteiger partial charge in [0.2, 0.25) is 0 Å². The highest BCUT2D eigenvalue weighted by Gasteiger charge is 2.12. The zero-order valence-corrected chi connectivity index (χ0v) is 8.97. The van der Waals surface area contributed by atoms with Crippen molar-refractivity contribution in [3.8, 4) is 5.75 Å². The van der Waals surface area contributed by atoms with Crippen molar-refractivity contribution in [2.75, 3.05) is 7.11 Å². The van der Waals surface area contributed by atoms with Crippen LogP contribution < -0.4 is 4.74 Å². The summed E-state index contributed by atoms with van der Waals surface area (Å²) in [5.41, 5.74) is 0.846. The molecule has 3 heteroatoms. The van der Waals surface area contributed by atoms with Gasteiger partial charge < -0.3 is 9.84 Å². The lowest BCUT2D eigenvalue weighted by Crippen LogP contribution is -1.96. The van der Waals surface area contributed by atoms with E-state index in [9.17, 15) is 5.11 Å². The predicted molar refractivity (Wildman–Crippen MR) is 59.0 cm³/mol. The zero-order chi connectivity index (χ0) is 10.1. The molecule has 2 rings (SSSR count). The second-order valence-electron chi connectivity index (χ2n) is 3.20. The van der Waals surface area contributed by atoms with Crippen LogP contribution in [0.3, 0.4) is 0 Å². The molecule has 1 unspecified atom stereocenters. The number of thiophene rings is 1. The van der Waals surface area contributed by atoms with Crippen LogP contribution in [0.1, 0.15) is 18.6 Å². The molecular formula is C11H12O2S. The summed E-state index contributed by atoms with van der Waals surface area (Å²) in [7, 11) is 1.64. The molecule has 0 saturated heterocycles. The van der Waals surface area contributed by atoms with Crippen LogP contribution >= 0.6 is 11.3 Å². The van der Waals surface area contributed by atoms with E-state index in [1.807, 2.05) is 23.6 Å². The maximum atomic E-state index is 9.56. The Morgan fingerprint density at radius 2 is 2.14 bits per heavy atom. The molecule has 1 N–H and O–H groups in total. The van der Waals surface area contributed by atoms with Gasteiger partial charge in [0, 0.05) is 15.6 Å². The van der Waals surface area contributed by atoms with Gasteiger partial charge in [0.25, 0.3) is 0 Å². The molecule has 1 aromatic heterocycles. The topological polar surface area (TPSA) is 29.5 Å². The van der Waals surface area contributed by atoms with E-state index in [1.165, 1.54) is 4.70 Å². The second kappa shape index (κ2) is 3.59. The lowest BCUT2D eigenvalue weighted by atomic mass is 10.1. The minimum Gasteiger partial charge on any atom is -0.496 e. The Hall–Kier alpha value is -1.06. The van der Waals surface area contributed by atoms with E-state index in [0.717, 1.165) is 16.7 Å². The molecule has 74 valence electrons. The molecule has 0 aliphatic heterocycles. The van der Waals surface area contributed by atoms with Gasteiger partial charge in [-0.1, -0.05) is 6.07 Å². The molecule has 0 bridgehead atoms. The Morgan fingerprint density at radius 1 is 1.36 bits per heavy atom. The standard InChI is InChI=1S/C11H12O2S/c1-7(12)8-3-4-10-9(5-6-14-10)11(8)13-2/h3-7,12H,1-2H3. The summed E-state index contributed by atoms with van der Waals surface area (Å²) >= 11 is 1.68. The number of ether oxygens (including phenoxy) is 1. The van der Waals surface area contributed by atoms with Crippen LogP contribution in [0.4, 0.5) is 0 Å². The lowest BCUT2D eigenvalue weighted by molar-refractivity contribution is 0.194. The SMILES string of the molecule is COc1c(C(C)O)ccc2sccc12. The average molecular weight is 208 g/mol. The second-order valence-corrected chi connectivity index (χ2v) is 4.14. The van der Waals surface area contributed by atoms with Crippen LogP contribution in [0.2, 0.25) is 0 Å². The van der Waals surface area contributed by atoms with Gasteiger partial charge in [0.05, 0.1) is 13.2 Å². The van der Waals surface area contributed by atoms with Crippen molar-refractivity contribution in [1.29, 1.82) is 0 Å². The van der Waals surface area contributed by atoms with E-state index < -0.39 is 6.10 Å². The molecule has 0 amide bonds. The minimum absolute atomic E-state index is 0.491. The molecular weight excluding hydrogens is 196 g/mol. The number of fused-ring (bicyclic) bond motifs is 1. The van der Waals surface area contributed by atoms with E-state index in [-0.39, 0.29) is 0 Å². The lowest BCUT2D eigenvalue weighted by Gasteiger charge is -2.11. The van der Waals surface area contributed by atoms with Crippen LogP contribution in [-0.2, 0) is 0 Å². The number of benzene rings is 1. The van der Waals surface area contributed by atoms with E-state index in [4.69, 9.17) is 4.74 Å². The monoisotopic (exact) mass is 208 g/mol. The molecule has 0 saturated carbocycles. The van der Waals surface area contributed by atoms with Crippen molar-refractivity contribution in [2.24, 2.45) is 0 Å². The molecule has 0 radical (unpaired) electrons. The largest absolute Gasteiger partial charge is 0.496 e. The van der Waals surface area contributed by atoms with Crippen LogP contribution in [0.25, 0.3) is 10.1 Å². The van der Waals surface area contributed by atoms with Crippen LogP contribution in [-0.4, -0.2) is 12.2 Å². The number of rotatable bonds is 2. The molecule has 1 aromatic carbocycles. The summed E-state index contributed by atoms with van der Waals surface area (Å²) < 4.78 is 6.51. The third-order valence-corrected chi connectivity index (χ3v) is 3.15. The summed E-state index contributed by atoms with van der Waals surface area (Å²) in [4.78, 5) is 0. The predicted octanol–water partition coefficient (Wildman–Crippen LogP) is 2.96. The summed E-state index contributed by atoms with van der Waals surface area (Å²) in [5.74, 6) is 0.791. The molecule has 1 atom stereocenters. The average Bonchev–Trinajstić information content (AvgIpc) is 2.63. The number of aliphatic hydroxyl groups is 1. The maximum absolute atomic E-state index is 9.56. The van der Waals surface area contributed by atoms with Crippen molar-refractivity contribution >= 4 is 21.4 Å². The van der Waals surface area contributed by atoms with Crippen LogP contribution in [0.5, 0.6) is 5.75 Å². The number of methoxy groups -OCH3 is 1. The quantitative estimate of drug-likeness (QED) is 0.822. The molecule has 14 heavy (non-hydrogen) atoms. The maximum Gasteiger partial charge on any atom is 0.133 e. The summed E-state index contributed by atoms with van der Waals surface area (Å²) in [5, 5.41) is 12.7. The van der Waals surface area contributed by atoms with Gasteiger partial charge in [-0.3, -0.25) is 0 Å². The normalized spacial score (nSPS) is 13.1. The number of aliphatic hydroxyl groups excluding tert-OH is 1. The van der Waals surface area contributed by atoms with E-state index >= 15 is 0 Å². The molecule has 0 fully saturated rings. The Balaban J connectivity index is 2.72. The van der Waals surface area contributed by atoms with Crippen molar-refractivity contribution in [3.05, 3.63) is 29.1 Å². The first-order valence-corrected chi connectivity index (χ1v) is 5.34. The highest BCUT2D eigenvalue weighted by atomic mass is 32.1. The Labute approximate surface area is 86.8 Å². The number of hydrogen-bond donors (Lipinski definition) is 1. The van der Waals surface area contributed by atoms with Crippen molar-refractivity contribution in [2.45, 2.75) is 13.0 Å². The molecule has 2 aromatic rings. The van der Waals surface area contributed by atoms with E-state index in [2.05, 4.69) is 0 Å². The first kappa shape index (κ1) is 9.49. The smallest absolute Gasteiger partial charge is 0.133 e. The number of hydrogen-bond acceptors (Lipinski definition) is 3. The van der Waals surface area contributed by atoms with Gasteiger partial charge in [-0.2, -0.15) is 0 Å². The summed E-state index contributed by atoms with van der Waals surface area (Å²) in [6.45, 7) is 1.75. The third kappa shape index (κ3) is 1.38. The van der Waals surface area contributed by atoms with Gasteiger partial charge in [-0.05, 0) is 24.4 Å². The molecule has 0 aliphatic rings. The first-order chi connectivity index (χ1) is 6.74. The molecule has 1 heterocycles. The Kier molecular flexibility index (Phi) is 2.44. The fraction of sp³-hybridized carbons (Fsp3) is 0.273. The minimum atomic E-state index is -0.491. The van der Waals surface area contributed by atoms with Crippen molar-refractivity contribution in [3.63, 3.8) is 0 Å². The van der Waals surface area contributed by atoms with E-state index in [0.29, 0.717) is 0 Å². The highest BCUT2D eigenvalue weighted by molar-refractivity contribution is 7.17. The van der Waals surface area contributed by atoms with Crippen molar-refractivity contribution < 1.29 is 9.84 Å². The van der Waals surface area contributed by atoms with Gasteiger partial charge in [0.1, 0.15) is 5.75 Å². The van der Waals surface area contributed by atoms with Gasteiger partial charge in [-0.15, -0.1) is 11.3 Å². The molecule has 2 nitrogen and oxygen atoms in total. The third-order valence-electron chi connectivity index (χ3n) is 2.27. The molecule has 0 spiro atoms. The fourth-order valence-corrected chi connectivity index (χ4v) is 2.38. The zero-order valence-electron chi connectivity index (χ0n) is 8.15.